The fourth-order valence-corrected chi connectivity index (χ4v) is 2.80. The van der Waals surface area contributed by atoms with Crippen molar-refractivity contribution in [3.63, 3.8) is 0 Å². The van der Waals surface area contributed by atoms with E-state index >= 15 is 0 Å². The molecule has 2 aromatic rings. The van der Waals surface area contributed by atoms with Crippen LogP contribution < -0.4 is 5.73 Å². The van der Waals surface area contributed by atoms with Gasteiger partial charge in [0.25, 0.3) is 5.69 Å². The van der Waals surface area contributed by atoms with E-state index in [1.54, 1.807) is 24.3 Å². The molecule has 3 rings (SSSR count). The van der Waals surface area contributed by atoms with Crippen LogP contribution >= 0.6 is 0 Å². The summed E-state index contributed by atoms with van der Waals surface area (Å²) in [4.78, 5) is 10.3. The number of hydrogen-bond acceptors (Lipinski definition) is 6. The summed E-state index contributed by atoms with van der Waals surface area (Å²) in [5, 5.41) is 30.1. The monoisotopic (exact) mass is 344 g/mol. The van der Waals surface area contributed by atoms with Crippen LogP contribution in [0.3, 0.4) is 0 Å². The van der Waals surface area contributed by atoms with Gasteiger partial charge >= 0.3 is 0 Å². The van der Waals surface area contributed by atoms with Gasteiger partial charge in [-0.1, -0.05) is 42.5 Å². The molecule has 1 aliphatic rings. The maximum absolute atomic E-state index is 10.9. The fraction of sp³-hybridized carbons (Fsp3) is 0.0526. The number of nitro benzene ring substituents is 1. The second-order valence-corrected chi connectivity index (χ2v) is 5.49. The maximum atomic E-state index is 10.9. The van der Waals surface area contributed by atoms with Gasteiger partial charge in [-0.05, 0) is 5.56 Å². The number of allylic oxidation sites excluding steroid dienone is 2. The van der Waals surface area contributed by atoms with Crippen LogP contribution in [0, 0.1) is 32.8 Å². The minimum atomic E-state index is -0.755. The summed E-state index contributed by atoms with van der Waals surface area (Å²) >= 11 is 0. The fourth-order valence-electron chi connectivity index (χ4n) is 2.80. The van der Waals surface area contributed by atoms with Crippen LogP contribution in [0.25, 0.3) is 5.76 Å². The first kappa shape index (κ1) is 16.7. The number of nitrogens with two attached hydrogens (primary N) is 1. The first-order chi connectivity index (χ1) is 12.6. The molecule has 1 aliphatic heterocycles. The number of hydrogen-bond donors (Lipinski definition) is 1. The molecule has 0 fully saturated rings. The molecule has 0 saturated heterocycles. The van der Waals surface area contributed by atoms with Crippen LogP contribution in [-0.2, 0) is 4.74 Å². The number of benzene rings is 2. The maximum Gasteiger partial charge on any atom is 0.269 e. The van der Waals surface area contributed by atoms with Gasteiger partial charge in [0.2, 0.25) is 5.88 Å². The number of non-ortho nitro benzene ring substituents is 1. The van der Waals surface area contributed by atoms with Gasteiger partial charge in [-0.15, -0.1) is 0 Å². The van der Waals surface area contributed by atoms with Crippen molar-refractivity contribution in [2.45, 2.75) is 5.92 Å². The van der Waals surface area contributed by atoms with Gasteiger partial charge in [0, 0.05) is 17.7 Å². The molecule has 2 aromatic carbocycles. The van der Waals surface area contributed by atoms with Crippen molar-refractivity contribution in [3.8, 4) is 12.1 Å². The third-order valence-corrected chi connectivity index (χ3v) is 4.01. The predicted molar refractivity (Wildman–Crippen MR) is 92.7 cm³/mol. The lowest BCUT2D eigenvalue weighted by Crippen LogP contribution is -2.20. The molecule has 7 heteroatoms. The number of nitro groups is 1. The van der Waals surface area contributed by atoms with Crippen LogP contribution in [-0.4, -0.2) is 4.92 Å². The SMILES string of the molecule is N#CC1=C(N)OC(c2ccccc2)=C(C#N)[C@H]1c1ccc([N+](=O)[O-])cc1. The molecule has 0 amide bonds. The van der Waals surface area contributed by atoms with E-state index in [2.05, 4.69) is 6.07 Å². The second-order valence-electron chi connectivity index (χ2n) is 5.49. The summed E-state index contributed by atoms with van der Waals surface area (Å²) in [6, 6.07) is 18.7. The van der Waals surface area contributed by atoms with Crippen LogP contribution in [0.4, 0.5) is 5.69 Å². The van der Waals surface area contributed by atoms with Crippen molar-refractivity contribution < 1.29 is 9.66 Å². The zero-order chi connectivity index (χ0) is 18.7. The predicted octanol–water partition coefficient (Wildman–Crippen LogP) is 3.34. The van der Waals surface area contributed by atoms with E-state index in [0.29, 0.717) is 11.1 Å². The Hall–Kier alpha value is -4.10. The Balaban J connectivity index is 2.19. The van der Waals surface area contributed by atoms with Crippen molar-refractivity contribution in [1.82, 2.24) is 0 Å². The van der Waals surface area contributed by atoms with E-state index in [0.717, 1.165) is 0 Å². The average molecular weight is 344 g/mol. The summed E-state index contributed by atoms with van der Waals surface area (Å²) < 4.78 is 5.58. The van der Waals surface area contributed by atoms with Crippen molar-refractivity contribution >= 4 is 11.4 Å². The summed E-state index contributed by atoms with van der Waals surface area (Å²) in [5.41, 5.74) is 7.35. The Bertz CT molecular complexity index is 1010. The first-order valence-corrected chi connectivity index (χ1v) is 7.58. The molecule has 0 unspecified atom stereocenters. The summed E-state index contributed by atoms with van der Waals surface area (Å²) in [6.45, 7) is 0. The normalized spacial score (nSPS) is 16.5. The average Bonchev–Trinajstić information content (AvgIpc) is 2.67. The van der Waals surface area contributed by atoms with E-state index in [-0.39, 0.29) is 28.5 Å². The molecule has 0 saturated carbocycles. The van der Waals surface area contributed by atoms with E-state index in [4.69, 9.17) is 10.5 Å². The summed E-state index contributed by atoms with van der Waals surface area (Å²) in [6.07, 6.45) is 0. The molecule has 0 radical (unpaired) electrons. The van der Waals surface area contributed by atoms with Gasteiger partial charge in [-0.25, -0.2) is 0 Å². The molecular formula is C19H12N4O3. The zero-order valence-electron chi connectivity index (χ0n) is 13.4. The highest BCUT2D eigenvalue weighted by Gasteiger charge is 2.33. The minimum Gasteiger partial charge on any atom is -0.439 e. The van der Waals surface area contributed by atoms with Gasteiger partial charge in [-0.3, -0.25) is 10.1 Å². The van der Waals surface area contributed by atoms with Gasteiger partial charge in [-0.2, -0.15) is 10.5 Å². The second kappa shape index (κ2) is 6.80. The van der Waals surface area contributed by atoms with Crippen LogP contribution in [0.5, 0.6) is 0 Å². The largest absolute Gasteiger partial charge is 0.439 e. The number of ether oxygens (including phenoxy) is 1. The van der Waals surface area contributed by atoms with Gasteiger partial charge < -0.3 is 10.5 Å². The Kier molecular flexibility index (Phi) is 4.38. The third kappa shape index (κ3) is 2.85. The molecule has 1 heterocycles. The summed E-state index contributed by atoms with van der Waals surface area (Å²) in [7, 11) is 0. The Morgan fingerprint density at radius 2 is 1.62 bits per heavy atom. The Labute approximate surface area is 149 Å². The number of nitrogens with zero attached hydrogens (tertiary/aromatic N) is 3. The molecule has 2 N–H and O–H groups in total. The van der Waals surface area contributed by atoms with Crippen molar-refractivity contribution in [1.29, 1.82) is 10.5 Å². The zero-order valence-corrected chi connectivity index (χ0v) is 13.4. The van der Waals surface area contributed by atoms with Crippen LogP contribution in [0.1, 0.15) is 17.0 Å². The Morgan fingerprint density at radius 3 is 2.15 bits per heavy atom. The molecule has 0 spiro atoms. The van der Waals surface area contributed by atoms with Gasteiger partial charge in [0.05, 0.1) is 22.5 Å². The molecule has 7 nitrogen and oxygen atoms in total. The third-order valence-electron chi connectivity index (χ3n) is 4.01. The standard InChI is InChI=1S/C19H12N4O3/c20-10-15-17(12-6-8-14(9-7-12)23(24)25)16(11-21)19(22)26-18(15)13-4-2-1-3-5-13/h1-9,17H,22H2/t17-/m1/s1. The molecule has 0 bridgehead atoms. The van der Waals surface area contributed by atoms with Crippen molar-refractivity contribution in [2.24, 2.45) is 5.73 Å². The van der Waals surface area contributed by atoms with E-state index in [1.165, 1.54) is 24.3 Å². The molecule has 0 aliphatic carbocycles. The van der Waals surface area contributed by atoms with Gasteiger partial charge in [0.15, 0.2) is 5.76 Å². The van der Waals surface area contributed by atoms with Crippen LogP contribution in [0.2, 0.25) is 0 Å². The molecule has 0 aromatic heterocycles. The lowest BCUT2D eigenvalue weighted by atomic mass is 9.82. The highest BCUT2D eigenvalue weighted by atomic mass is 16.6. The smallest absolute Gasteiger partial charge is 0.269 e. The van der Waals surface area contributed by atoms with Gasteiger partial charge in [0.1, 0.15) is 11.6 Å². The van der Waals surface area contributed by atoms with E-state index < -0.39 is 10.8 Å². The number of rotatable bonds is 3. The molecule has 1 atom stereocenters. The minimum absolute atomic E-state index is 0.0814. The number of nitriles is 2. The molecule has 26 heavy (non-hydrogen) atoms. The topological polar surface area (TPSA) is 126 Å². The van der Waals surface area contributed by atoms with Crippen molar-refractivity contribution in [3.05, 3.63) is 92.9 Å². The molecular weight excluding hydrogens is 332 g/mol. The van der Waals surface area contributed by atoms with E-state index in [9.17, 15) is 20.6 Å². The summed E-state index contributed by atoms with van der Waals surface area (Å²) in [5.74, 6) is -0.573. The highest BCUT2D eigenvalue weighted by molar-refractivity contribution is 5.73. The molecule has 126 valence electrons. The highest BCUT2D eigenvalue weighted by Crippen LogP contribution is 2.42. The first-order valence-electron chi connectivity index (χ1n) is 7.58. The lowest BCUT2D eigenvalue weighted by Gasteiger charge is -2.26. The van der Waals surface area contributed by atoms with Crippen LogP contribution in [0.15, 0.2) is 71.6 Å². The quantitative estimate of drug-likeness (QED) is 0.672. The van der Waals surface area contributed by atoms with Crippen molar-refractivity contribution in [2.75, 3.05) is 0 Å². The Morgan fingerprint density at radius 1 is 1.00 bits per heavy atom. The van der Waals surface area contributed by atoms with E-state index in [1.807, 2.05) is 12.1 Å². The lowest BCUT2D eigenvalue weighted by molar-refractivity contribution is -0.384.